The highest BCUT2D eigenvalue weighted by molar-refractivity contribution is 5.82. The van der Waals surface area contributed by atoms with Gasteiger partial charge in [0.05, 0.1) is 12.0 Å². The van der Waals surface area contributed by atoms with Crippen LogP contribution in [0.1, 0.15) is 33.6 Å². The number of amides is 1. The van der Waals surface area contributed by atoms with E-state index in [4.69, 9.17) is 4.74 Å². The van der Waals surface area contributed by atoms with Gasteiger partial charge in [0.2, 0.25) is 5.91 Å². The van der Waals surface area contributed by atoms with Gasteiger partial charge in [-0.3, -0.25) is 4.79 Å². The number of hydrogen-bond acceptors (Lipinski definition) is 3. The molecule has 1 saturated heterocycles. The molecule has 1 atom stereocenters. The first-order valence-corrected chi connectivity index (χ1v) is 6.98. The van der Waals surface area contributed by atoms with Crippen LogP contribution in [-0.2, 0) is 9.53 Å². The van der Waals surface area contributed by atoms with Crippen LogP contribution in [0, 0.1) is 11.3 Å². The van der Waals surface area contributed by atoms with Crippen LogP contribution < -0.4 is 5.32 Å². The molecule has 1 aliphatic rings. The molecule has 0 aromatic carbocycles. The van der Waals surface area contributed by atoms with Crippen LogP contribution in [0.5, 0.6) is 0 Å². The smallest absolute Gasteiger partial charge is 0.229 e. The Balaban J connectivity index is 2.66. The van der Waals surface area contributed by atoms with Crippen molar-refractivity contribution in [2.75, 3.05) is 39.9 Å². The van der Waals surface area contributed by atoms with Gasteiger partial charge >= 0.3 is 0 Å². The molecule has 1 N–H and O–H groups in total. The van der Waals surface area contributed by atoms with Crippen LogP contribution in [0.4, 0.5) is 0 Å². The minimum absolute atomic E-state index is 0.235. The zero-order chi connectivity index (χ0) is 13.6. The van der Waals surface area contributed by atoms with Crippen molar-refractivity contribution in [1.29, 1.82) is 0 Å². The van der Waals surface area contributed by atoms with Crippen LogP contribution in [0.3, 0.4) is 0 Å². The third kappa shape index (κ3) is 4.25. The molecule has 1 aliphatic heterocycles. The summed E-state index contributed by atoms with van der Waals surface area (Å²) in [6.07, 6.45) is 2.07. The molecule has 0 aromatic heterocycles. The van der Waals surface area contributed by atoms with E-state index in [0.717, 1.165) is 32.5 Å². The van der Waals surface area contributed by atoms with Crippen LogP contribution in [-0.4, -0.2) is 50.7 Å². The zero-order valence-corrected chi connectivity index (χ0v) is 12.3. The number of piperidine rings is 1. The average molecular weight is 256 g/mol. The van der Waals surface area contributed by atoms with E-state index in [9.17, 15) is 4.79 Å². The van der Waals surface area contributed by atoms with Gasteiger partial charge in [-0.2, -0.15) is 0 Å². The molecule has 0 bridgehead atoms. The predicted octanol–water partition coefficient (Wildman–Crippen LogP) is 1.51. The van der Waals surface area contributed by atoms with E-state index in [1.54, 1.807) is 7.11 Å². The number of rotatable bonds is 6. The van der Waals surface area contributed by atoms with Gasteiger partial charge in [0.25, 0.3) is 0 Å². The molecule has 0 aliphatic carbocycles. The van der Waals surface area contributed by atoms with Crippen molar-refractivity contribution >= 4 is 5.91 Å². The lowest BCUT2D eigenvalue weighted by molar-refractivity contribution is -0.143. The van der Waals surface area contributed by atoms with Gasteiger partial charge in [0, 0.05) is 26.7 Å². The molecule has 1 rings (SSSR count). The monoisotopic (exact) mass is 256 g/mol. The number of nitrogens with one attached hydrogen (secondary N) is 1. The molecule has 1 heterocycles. The summed E-state index contributed by atoms with van der Waals surface area (Å²) in [6, 6.07) is 0. The van der Waals surface area contributed by atoms with Crippen molar-refractivity contribution in [2.45, 2.75) is 33.6 Å². The number of carbonyl (C=O) groups is 1. The standard InChI is InChI=1S/C14H28N2O2/c1-12(2)10-16(8-9-18-4)13(17)14(3)6-5-7-15-11-14/h12,15H,5-11H2,1-4H3. The Hall–Kier alpha value is -0.610. The summed E-state index contributed by atoms with van der Waals surface area (Å²) in [7, 11) is 1.68. The highest BCUT2D eigenvalue weighted by Gasteiger charge is 2.37. The van der Waals surface area contributed by atoms with Gasteiger partial charge < -0.3 is 15.0 Å². The van der Waals surface area contributed by atoms with Crippen LogP contribution in [0.15, 0.2) is 0 Å². The van der Waals surface area contributed by atoms with Crippen molar-refractivity contribution in [3.63, 3.8) is 0 Å². The molecule has 0 radical (unpaired) electrons. The molecule has 0 spiro atoms. The van der Waals surface area contributed by atoms with E-state index in [2.05, 4.69) is 26.1 Å². The quantitative estimate of drug-likeness (QED) is 0.783. The van der Waals surface area contributed by atoms with Crippen molar-refractivity contribution in [3.8, 4) is 0 Å². The fourth-order valence-corrected chi connectivity index (χ4v) is 2.54. The summed E-state index contributed by atoms with van der Waals surface area (Å²) in [6.45, 7) is 10.3. The second kappa shape index (κ2) is 7.10. The normalized spacial score (nSPS) is 24.3. The topological polar surface area (TPSA) is 41.6 Å². The molecule has 106 valence electrons. The zero-order valence-electron chi connectivity index (χ0n) is 12.3. The molecule has 1 amide bonds. The molecule has 1 fully saturated rings. The Morgan fingerprint density at radius 3 is 2.72 bits per heavy atom. The van der Waals surface area contributed by atoms with Gasteiger partial charge in [0.15, 0.2) is 0 Å². The SMILES string of the molecule is COCCN(CC(C)C)C(=O)C1(C)CCCNC1. The van der Waals surface area contributed by atoms with Crippen molar-refractivity contribution in [1.82, 2.24) is 10.2 Å². The first kappa shape index (κ1) is 15.4. The molecule has 18 heavy (non-hydrogen) atoms. The van der Waals surface area contributed by atoms with E-state index in [0.29, 0.717) is 19.1 Å². The van der Waals surface area contributed by atoms with E-state index in [1.807, 2.05) is 4.90 Å². The van der Waals surface area contributed by atoms with Crippen molar-refractivity contribution in [3.05, 3.63) is 0 Å². The minimum atomic E-state index is -0.235. The van der Waals surface area contributed by atoms with Gasteiger partial charge in [-0.25, -0.2) is 0 Å². The summed E-state index contributed by atoms with van der Waals surface area (Å²) in [5, 5.41) is 3.34. The van der Waals surface area contributed by atoms with E-state index >= 15 is 0 Å². The summed E-state index contributed by atoms with van der Waals surface area (Å²) >= 11 is 0. The number of methoxy groups -OCH3 is 1. The molecular weight excluding hydrogens is 228 g/mol. The molecule has 4 heteroatoms. The second-order valence-corrected chi connectivity index (χ2v) is 5.98. The van der Waals surface area contributed by atoms with E-state index in [1.165, 1.54) is 0 Å². The fourth-order valence-electron chi connectivity index (χ4n) is 2.54. The van der Waals surface area contributed by atoms with E-state index in [-0.39, 0.29) is 11.3 Å². The summed E-state index contributed by atoms with van der Waals surface area (Å²) in [5.74, 6) is 0.770. The largest absolute Gasteiger partial charge is 0.383 e. The number of nitrogens with zero attached hydrogens (tertiary/aromatic N) is 1. The lowest BCUT2D eigenvalue weighted by Crippen LogP contribution is -2.51. The fraction of sp³-hybridized carbons (Fsp3) is 0.929. The number of carbonyl (C=O) groups excluding carboxylic acids is 1. The Bertz CT molecular complexity index is 261. The number of hydrogen-bond donors (Lipinski definition) is 1. The molecule has 0 aromatic rings. The molecule has 0 saturated carbocycles. The summed E-state index contributed by atoms with van der Waals surface area (Å²) < 4.78 is 5.11. The maximum atomic E-state index is 12.7. The van der Waals surface area contributed by atoms with Crippen LogP contribution in [0.25, 0.3) is 0 Å². The Kier molecular flexibility index (Phi) is 6.09. The lowest BCUT2D eigenvalue weighted by atomic mass is 9.81. The Morgan fingerprint density at radius 1 is 1.50 bits per heavy atom. The third-order valence-electron chi connectivity index (χ3n) is 3.55. The Morgan fingerprint density at radius 2 is 2.22 bits per heavy atom. The van der Waals surface area contributed by atoms with Crippen molar-refractivity contribution < 1.29 is 9.53 Å². The predicted molar refractivity (Wildman–Crippen MR) is 73.5 cm³/mol. The minimum Gasteiger partial charge on any atom is -0.383 e. The second-order valence-electron chi connectivity index (χ2n) is 5.98. The Labute approximate surface area is 111 Å². The first-order chi connectivity index (χ1) is 8.49. The highest BCUT2D eigenvalue weighted by Crippen LogP contribution is 2.28. The molecule has 1 unspecified atom stereocenters. The number of ether oxygens (including phenoxy) is 1. The van der Waals surface area contributed by atoms with Gasteiger partial charge in [0.1, 0.15) is 0 Å². The van der Waals surface area contributed by atoms with E-state index < -0.39 is 0 Å². The maximum Gasteiger partial charge on any atom is 0.229 e. The van der Waals surface area contributed by atoms with Crippen LogP contribution in [0.2, 0.25) is 0 Å². The maximum absolute atomic E-state index is 12.7. The van der Waals surface area contributed by atoms with Gasteiger partial charge in [-0.05, 0) is 32.2 Å². The highest BCUT2D eigenvalue weighted by atomic mass is 16.5. The van der Waals surface area contributed by atoms with Gasteiger partial charge in [-0.1, -0.05) is 13.8 Å². The molecular formula is C14H28N2O2. The van der Waals surface area contributed by atoms with Crippen LogP contribution >= 0.6 is 0 Å². The lowest BCUT2D eigenvalue weighted by Gasteiger charge is -2.38. The molecule has 4 nitrogen and oxygen atoms in total. The summed E-state index contributed by atoms with van der Waals surface area (Å²) in [4.78, 5) is 14.7. The third-order valence-corrected chi connectivity index (χ3v) is 3.55. The average Bonchev–Trinajstić information content (AvgIpc) is 2.34. The van der Waals surface area contributed by atoms with Gasteiger partial charge in [-0.15, -0.1) is 0 Å². The summed E-state index contributed by atoms with van der Waals surface area (Å²) in [5.41, 5.74) is -0.235. The first-order valence-electron chi connectivity index (χ1n) is 6.98. The van der Waals surface area contributed by atoms with Crippen molar-refractivity contribution in [2.24, 2.45) is 11.3 Å².